The van der Waals surface area contributed by atoms with Crippen molar-refractivity contribution in [3.05, 3.63) is 65.0 Å². The van der Waals surface area contributed by atoms with Crippen molar-refractivity contribution >= 4 is 40.9 Å². The molecule has 1 fully saturated rings. The minimum Gasteiger partial charge on any atom is -0.497 e. The molecule has 1 heterocycles. The molecule has 1 N–H and O–H groups in total. The van der Waals surface area contributed by atoms with Gasteiger partial charge in [-0.05, 0) is 66.7 Å². The zero-order chi connectivity index (χ0) is 18.8. The number of methoxy groups -OCH3 is 1. The number of hydrogen-bond acceptors (Lipinski definition) is 4. The van der Waals surface area contributed by atoms with Crippen LogP contribution in [0.1, 0.15) is 11.1 Å². The van der Waals surface area contributed by atoms with Gasteiger partial charge in [-0.25, -0.2) is 4.39 Å². The normalized spacial score (nSPS) is 16.0. The molecule has 0 atom stereocenters. The summed E-state index contributed by atoms with van der Waals surface area (Å²) in [6.07, 6.45) is 1.49. The highest BCUT2D eigenvalue weighted by atomic mass is 32.1. The number of ether oxygens (including phenoxy) is 1. The summed E-state index contributed by atoms with van der Waals surface area (Å²) >= 11 is 5.09. The van der Waals surface area contributed by atoms with Crippen molar-refractivity contribution in [1.29, 1.82) is 0 Å². The number of benzene rings is 2. The predicted octanol–water partition coefficient (Wildman–Crippen LogP) is 2.97. The zero-order valence-corrected chi connectivity index (χ0v) is 14.9. The second-order valence-corrected chi connectivity index (χ2v) is 6.05. The fourth-order valence-electron chi connectivity index (χ4n) is 2.60. The van der Waals surface area contributed by atoms with E-state index in [2.05, 4.69) is 5.32 Å². The van der Waals surface area contributed by atoms with Crippen LogP contribution in [0.5, 0.6) is 5.75 Å². The molecule has 0 saturated carbocycles. The van der Waals surface area contributed by atoms with E-state index < -0.39 is 17.6 Å². The first kappa shape index (κ1) is 17.8. The molecule has 26 heavy (non-hydrogen) atoms. The quantitative estimate of drug-likeness (QED) is 0.513. The molecule has 1 aliphatic heterocycles. The van der Waals surface area contributed by atoms with Gasteiger partial charge in [0, 0.05) is 0 Å². The van der Waals surface area contributed by atoms with Crippen LogP contribution >= 0.6 is 12.2 Å². The van der Waals surface area contributed by atoms with Crippen LogP contribution in [0.25, 0.3) is 6.08 Å². The van der Waals surface area contributed by atoms with Crippen molar-refractivity contribution in [1.82, 2.24) is 5.32 Å². The van der Waals surface area contributed by atoms with Gasteiger partial charge in [0.15, 0.2) is 5.11 Å². The Labute approximate surface area is 155 Å². The summed E-state index contributed by atoms with van der Waals surface area (Å²) < 4.78 is 18.7. The summed E-state index contributed by atoms with van der Waals surface area (Å²) in [7, 11) is 1.56. The highest BCUT2D eigenvalue weighted by molar-refractivity contribution is 7.80. The molecule has 0 bridgehead atoms. The predicted molar refractivity (Wildman–Crippen MR) is 100 cm³/mol. The third-order valence-corrected chi connectivity index (χ3v) is 4.23. The maximum absolute atomic E-state index is 13.5. The van der Waals surface area contributed by atoms with E-state index in [1.807, 2.05) is 6.92 Å². The van der Waals surface area contributed by atoms with Crippen LogP contribution in [0.15, 0.2) is 48.0 Å². The molecule has 0 unspecified atom stereocenters. The standard InChI is InChI=1S/C19H15FN2O3S/c1-11-8-15(25-2)7-6-12(11)9-16-17(23)21-19(26)22(18(16)24)14-5-3-4-13(20)10-14/h3-10H,1-2H3,(H,21,23,26)/b16-9+. The van der Waals surface area contributed by atoms with E-state index in [0.29, 0.717) is 11.3 Å². The number of carbonyl (C=O) groups excluding carboxylic acids is 2. The Bertz CT molecular complexity index is 956. The Morgan fingerprint density at radius 1 is 1.19 bits per heavy atom. The van der Waals surface area contributed by atoms with Crippen LogP contribution in [0.2, 0.25) is 0 Å². The van der Waals surface area contributed by atoms with Crippen molar-refractivity contribution < 1.29 is 18.7 Å². The molecular formula is C19H15FN2O3S. The number of nitrogens with one attached hydrogen (secondary N) is 1. The van der Waals surface area contributed by atoms with Gasteiger partial charge < -0.3 is 4.74 Å². The Kier molecular flexibility index (Phi) is 4.81. The van der Waals surface area contributed by atoms with Crippen molar-refractivity contribution in [3.63, 3.8) is 0 Å². The van der Waals surface area contributed by atoms with Gasteiger partial charge in [-0.2, -0.15) is 0 Å². The number of anilines is 1. The molecule has 132 valence electrons. The second-order valence-electron chi connectivity index (χ2n) is 5.66. The molecule has 0 spiro atoms. The molecule has 1 aliphatic rings. The molecule has 0 aliphatic carbocycles. The first-order chi connectivity index (χ1) is 12.4. The molecule has 1 saturated heterocycles. The number of thiocarbonyl (C=S) groups is 1. The molecule has 2 amide bonds. The first-order valence-electron chi connectivity index (χ1n) is 7.72. The minimum atomic E-state index is -0.612. The van der Waals surface area contributed by atoms with Gasteiger partial charge in [0.25, 0.3) is 11.8 Å². The molecule has 7 heteroatoms. The van der Waals surface area contributed by atoms with Crippen molar-refractivity contribution in [2.24, 2.45) is 0 Å². The van der Waals surface area contributed by atoms with Crippen LogP contribution < -0.4 is 15.0 Å². The fourth-order valence-corrected chi connectivity index (χ4v) is 2.88. The van der Waals surface area contributed by atoms with Gasteiger partial charge in [-0.3, -0.25) is 19.8 Å². The van der Waals surface area contributed by atoms with Crippen LogP contribution in [0.4, 0.5) is 10.1 Å². The van der Waals surface area contributed by atoms with E-state index in [4.69, 9.17) is 17.0 Å². The third-order valence-electron chi connectivity index (χ3n) is 3.94. The lowest BCUT2D eigenvalue weighted by atomic mass is 10.0. The topological polar surface area (TPSA) is 58.6 Å². The lowest BCUT2D eigenvalue weighted by molar-refractivity contribution is -0.122. The molecule has 3 rings (SSSR count). The molecule has 0 radical (unpaired) electrons. The van der Waals surface area contributed by atoms with Gasteiger partial charge in [0.1, 0.15) is 17.1 Å². The third kappa shape index (κ3) is 3.34. The van der Waals surface area contributed by atoms with Crippen LogP contribution in [0.3, 0.4) is 0 Å². The largest absolute Gasteiger partial charge is 0.497 e. The van der Waals surface area contributed by atoms with Gasteiger partial charge >= 0.3 is 0 Å². The van der Waals surface area contributed by atoms with E-state index in [9.17, 15) is 14.0 Å². The number of amides is 2. The van der Waals surface area contributed by atoms with Gasteiger partial charge in [-0.1, -0.05) is 12.1 Å². The monoisotopic (exact) mass is 370 g/mol. The van der Waals surface area contributed by atoms with Crippen LogP contribution in [-0.2, 0) is 9.59 Å². The highest BCUT2D eigenvalue weighted by Gasteiger charge is 2.34. The zero-order valence-electron chi connectivity index (χ0n) is 14.1. The maximum atomic E-state index is 13.5. The maximum Gasteiger partial charge on any atom is 0.270 e. The number of aryl methyl sites for hydroxylation is 1. The first-order valence-corrected chi connectivity index (χ1v) is 8.13. The van der Waals surface area contributed by atoms with Gasteiger partial charge in [0.2, 0.25) is 0 Å². The molecule has 2 aromatic rings. The van der Waals surface area contributed by atoms with E-state index in [-0.39, 0.29) is 16.4 Å². The van der Waals surface area contributed by atoms with Gasteiger partial charge in [-0.15, -0.1) is 0 Å². The van der Waals surface area contributed by atoms with Crippen molar-refractivity contribution in [2.75, 3.05) is 12.0 Å². The van der Waals surface area contributed by atoms with E-state index >= 15 is 0 Å². The summed E-state index contributed by atoms with van der Waals surface area (Å²) in [5, 5.41) is 2.38. The lowest BCUT2D eigenvalue weighted by Gasteiger charge is -2.29. The average Bonchev–Trinajstić information content (AvgIpc) is 2.59. The summed E-state index contributed by atoms with van der Waals surface area (Å²) in [5.41, 5.74) is 1.69. The summed E-state index contributed by atoms with van der Waals surface area (Å²) in [6.45, 7) is 1.84. The molecule has 5 nitrogen and oxygen atoms in total. The molecule has 0 aromatic heterocycles. The van der Waals surface area contributed by atoms with Crippen LogP contribution in [0, 0.1) is 12.7 Å². The van der Waals surface area contributed by atoms with E-state index in [1.165, 1.54) is 24.3 Å². The van der Waals surface area contributed by atoms with Gasteiger partial charge in [0.05, 0.1) is 12.8 Å². The number of halogens is 1. The highest BCUT2D eigenvalue weighted by Crippen LogP contribution is 2.24. The molecular weight excluding hydrogens is 355 g/mol. The smallest absolute Gasteiger partial charge is 0.270 e. The van der Waals surface area contributed by atoms with E-state index in [1.54, 1.807) is 31.4 Å². The Hall–Kier alpha value is -3.06. The fraction of sp³-hybridized carbons (Fsp3) is 0.105. The van der Waals surface area contributed by atoms with E-state index in [0.717, 1.165) is 10.5 Å². The number of hydrogen-bond donors (Lipinski definition) is 1. The Morgan fingerprint density at radius 3 is 2.62 bits per heavy atom. The van der Waals surface area contributed by atoms with Crippen molar-refractivity contribution in [3.8, 4) is 5.75 Å². The summed E-state index contributed by atoms with van der Waals surface area (Å²) in [6, 6.07) is 10.7. The van der Waals surface area contributed by atoms with Crippen molar-refractivity contribution in [2.45, 2.75) is 6.92 Å². The number of rotatable bonds is 3. The second kappa shape index (κ2) is 7.05. The number of carbonyl (C=O) groups is 2. The minimum absolute atomic E-state index is 0.0869. The van der Waals surface area contributed by atoms with Crippen LogP contribution in [-0.4, -0.2) is 24.0 Å². The average molecular weight is 370 g/mol. The lowest BCUT2D eigenvalue weighted by Crippen LogP contribution is -2.54. The molecule has 2 aromatic carbocycles. The summed E-state index contributed by atoms with van der Waals surface area (Å²) in [5.74, 6) is -1.04. The number of nitrogens with zero attached hydrogens (tertiary/aromatic N) is 1. The SMILES string of the molecule is COc1ccc(/C=C2\C(=O)NC(=S)N(c3cccc(F)c3)C2=O)c(C)c1. The summed E-state index contributed by atoms with van der Waals surface area (Å²) in [4.78, 5) is 26.2. The Morgan fingerprint density at radius 2 is 1.96 bits per heavy atom. The Balaban J connectivity index is 2.03.